The van der Waals surface area contributed by atoms with Crippen molar-refractivity contribution in [2.75, 3.05) is 13.1 Å². The molecule has 3 aromatic rings. The number of hydrogen-bond donors (Lipinski definition) is 0. The van der Waals surface area contributed by atoms with Gasteiger partial charge in [-0.25, -0.2) is 18.2 Å². The summed E-state index contributed by atoms with van der Waals surface area (Å²) < 4.78 is 33.4. The van der Waals surface area contributed by atoms with E-state index in [2.05, 4.69) is 4.98 Å². The van der Waals surface area contributed by atoms with Gasteiger partial charge in [-0.3, -0.25) is 9.20 Å². The smallest absolute Gasteiger partial charge is 0.340 e. The lowest BCUT2D eigenvalue weighted by molar-refractivity contribution is 0.0467. The lowest BCUT2D eigenvalue weighted by atomic mass is 10.2. The van der Waals surface area contributed by atoms with E-state index in [0.717, 1.165) is 5.69 Å². The van der Waals surface area contributed by atoms with Crippen LogP contribution in [-0.2, 0) is 21.4 Å². The van der Waals surface area contributed by atoms with E-state index in [-0.39, 0.29) is 27.6 Å². The summed E-state index contributed by atoms with van der Waals surface area (Å²) in [6.45, 7) is 5.61. The molecule has 2 heterocycles. The average Bonchev–Trinajstić information content (AvgIpc) is 3.08. The second-order valence-corrected chi connectivity index (χ2v) is 9.57. The van der Waals surface area contributed by atoms with Crippen molar-refractivity contribution in [1.82, 2.24) is 13.7 Å². The fourth-order valence-corrected chi connectivity index (χ4v) is 5.50. The van der Waals surface area contributed by atoms with Crippen LogP contribution in [-0.4, -0.2) is 41.2 Å². The number of carbonyl (C=O) groups excluding carboxylic acids is 1. The van der Waals surface area contributed by atoms with Gasteiger partial charge in [0.05, 0.1) is 21.2 Å². The molecule has 0 spiro atoms. The molecule has 0 saturated heterocycles. The fourth-order valence-electron chi connectivity index (χ4n) is 2.93. The third kappa shape index (κ3) is 4.27. The standard InChI is InChI=1S/C19H20ClN3O5S2/c1-4-22(5-2)30(26,27)14-6-7-16(20)15(9-14)18(25)28-10-13-8-17(24)23-12(3)11-29-19(23)21-13/h6-9,11H,4-5,10H2,1-3H3. The van der Waals surface area contributed by atoms with Crippen LogP contribution in [0, 0.1) is 6.92 Å². The second kappa shape index (κ2) is 8.84. The van der Waals surface area contributed by atoms with Gasteiger partial charge in [-0.05, 0) is 25.1 Å². The molecule has 0 aliphatic rings. The first-order valence-corrected chi connectivity index (χ1v) is 11.8. The highest BCUT2D eigenvalue weighted by molar-refractivity contribution is 7.89. The number of nitrogens with zero attached hydrogens (tertiary/aromatic N) is 3. The topological polar surface area (TPSA) is 98.0 Å². The third-order valence-electron chi connectivity index (χ3n) is 4.48. The Hall–Kier alpha value is -2.27. The number of aromatic nitrogens is 2. The number of rotatable bonds is 7. The van der Waals surface area contributed by atoms with Gasteiger partial charge < -0.3 is 4.74 Å². The van der Waals surface area contributed by atoms with Crippen LogP contribution in [0.25, 0.3) is 4.96 Å². The molecule has 0 aliphatic heterocycles. The van der Waals surface area contributed by atoms with E-state index in [1.807, 2.05) is 0 Å². The van der Waals surface area contributed by atoms with Crippen LogP contribution < -0.4 is 5.56 Å². The summed E-state index contributed by atoms with van der Waals surface area (Å²) in [5, 5.41) is 1.87. The Morgan fingerprint density at radius 1 is 1.27 bits per heavy atom. The van der Waals surface area contributed by atoms with Gasteiger partial charge in [-0.2, -0.15) is 4.31 Å². The van der Waals surface area contributed by atoms with Crippen LogP contribution >= 0.6 is 22.9 Å². The summed E-state index contributed by atoms with van der Waals surface area (Å²) in [6.07, 6.45) is 0. The Labute approximate surface area is 182 Å². The maximum Gasteiger partial charge on any atom is 0.340 e. The number of carbonyl (C=O) groups is 1. The number of hydrogen-bond acceptors (Lipinski definition) is 7. The molecular weight excluding hydrogens is 450 g/mol. The number of benzene rings is 1. The van der Waals surface area contributed by atoms with Crippen LogP contribution in [0.2, 0.25) is 5.02 Å². The van der Waals surface area contributed by atoms with Crippen LogP contribution in [0.15, 0.2) is 39.3 Å². The third-order valence-corrected chi connectivity index (χ3v) is 7.80. The maximum atomic E-state index is 12.7. The monoisotopic (exact) mass is 469 g/mol. The van der Waals surface area contributed by atoms with Crippen molar-refractivity contribution >= 4 is 43.9 Å². The molecule has 0 unspecified atom stereocenters. The number of aryl methyl sites for hydroxylation is 1. The molecular formula is C19H20ClN3O5S2. The van der Waals surface area contributed by atoms with Crippen LogP contribution in [0.1, 0.15) is 35.6 Å². The first-order valence-electron chi connectivity index (χ1n) is 9.12. The molecule has 11 heteroatoms. The predicted octanol–water partition coefficient (Wildman–Crippen LogP) is 3.11. The molecule has 8 nitrogen and oxygen atoms in total. The zero-order valence-corrected chi connectivity index (χ0v) is 19.0. The molecule has 0 saturated carbocycles. The molecule has 1 aromatic carbocycles. The van der Waals surface area contributed by atoms with E-state index >= 15 is 0 Å². The van der Waals surface area contributed by atoms with Crippen LogP contribution in [0.3, 0.4) is 0 Å². The molecule has 0 amide bonds. The largest absolute Gasteiger partial charge is 0.456 e. The van der Waals surface area contributed by atoms with Gasteiger partial charge in [-0.1, -0.05) is 25.4 Å². The summed E-state index contributed by atoms with van der Waals surface area (Å²) in [7, 11) is -3.76. The van der Waals surface area contributed by atoms with Gasteiger partial charge >= 0.3 is 5.97 Å². The van der Waals surface area contributed by atoms with Gasteiger partial charge in [0, 0.05) is 30.2 Å². The van der Waals surface area contributed by atoms with Gasteiger partial charge in [0.2, 0.25) is 10.0 Å². The average molecular weight is 470 g/mol. The highest BCUT2D eigenvalue weighted by Crippen LogP contribution is 2.24. The normalized spacial score (nSPS) is 11.9. The number of halogens is 1. The molecule has 0 bridgehead atoms. The second-order valence-electron chi connectivity index (χ2n) is 6.39. The van der Waals surface area contributed by atoms with E-state index < -0.39 is 16.0 Å². The summed E-state index contributed by atoms with van der Waals surface area (Å²) in [5.74, 6) is -0.805. The fraction of sp³-hybridized carbons (Fsp3) is 0.316. The van der Waals surface area contributed by atoms with Gasteiger partial charge in [0.15, 0.2) is 4.96 Å². The highest BCUT2D eigenvalue weighted by Gasteiger charge is 2.24. The minimum Gasteiger partial charge on any atom is -0.456 e. The highest BCUT2D eigenvalue weighted by atomic mass is 35.5. The zero-order valence-electron chi connectivity index (χ0n) is 16.6. The van der Waals surface area contributed by atoms with Gasteiger partial charge in [0.1, 0.15) is 6.61 Å². The van der Waals surface area contributed by atoms with Gasteiger partial charge in [0.25, 0.3) is 5.56 Å². The van der Waals surface area contributed by atoms with Crippen molar-refractivity contribution in [3.63, 3.8) is 0 Å². The quantitative estimate of drug-likeness (QED) is 0.493. The number of thiazole rings is 1. The van der Waals surface area contributed by atoms with Crippen molar-refractivity contribution < 1.29 is 17.9 Å². The van der Waals surface area contributed by atoms with Crippen molar-refractivity contribution in [1.29, 1.82) is 0 Å². The van der Waals surface area contributed by atoms with E-state index in [4.69, 9.17) is 16.3 Å². The molecule has 3 rings (SSSR count). The number of sulfonamides is 1. The number of ether oxygens (including phenoxy) is 1. The van der Waals surface area contributed by atoms with Crippen molar-refractivity contribution in [2.45, 2.75) is 32.3 Å². The molecule has 0 N–H and O–H groups in total. The van der Waals surface area contributed by atoms with Gasteiger partial charge in [-0.15, -0.1) is 11.3 Å². The van der Waals surface area contributed by atoms with Crippen molar-refractivity contribution in [2.24, 2.45) is 0 Å². The van der Waals surface area contributed by atoms with E-state index in [1.54, 1.807) is 26.2 Å². The number of fused-ring (bicyclic) bond motifs is 1. The molecule has 30 heavy (non-hydrogen) atoms. The zero-order chi connectivity index (χ0) is 22.1. The summed E-state index contributed by atoms with van der Waals surface area (Å²) in [4.78, 5) is 29.5. The Bertz CT molecular complexity index is 1260. The Morgan fingerprint density at radius 2 is 1.97 bits per heavy atom. The Morgan fingerprint density at radius 3 is 2.63 bits per heavy atom. The first-order chi connectivity index (χ1) is 14.2. The van der Waals surface area contributed by atoms with Crippen LogP contribution in [0.5, 0.6) is 0 Å². The Balaban J connectivity index is 1.85. The van der Waals surface area contributed by atoms with Crippen molar-refractivity contribution in [3.8, 4) is 0 Å². The SMILES string of the molecule is CCN(CC)S(=O)(=O)c1ccc(Cl)c(C(=O)OCc2cc(=O)n3c(C)csc3n2)c1. The minimum atomic E-state index is -3.76. The van der Waals surface area contributed by atoms with E-state index in [1.165, 1.54) is 44.3 Å². The summed E-state index contributed by atoms with van der Waals surface area (Å²) >= 11 is 7.41. The predicted molar refractivity (Wildman–Crippen MR) is 115 cm³/mol. The van der Waals surface area contributed by atoms with Crippen LogP contribution in [0.4, 0.5) is 0 Å². The molecule has 2 aromatic heterocycles. The summed E-state index contributed by atoms with van der Waals surface area (Å²) in [6, 6.07) is 5.19. The minimum absolute atomic E-state index is 0.0469. The lowest BCUT2D eigenvalue weighted by Crippen LogP contribution is -2.30. The molecule has 160 valence electrons. The first kappa shape index (κ1) is 22.4. The van der Waals surface area contributed by atoms with E-state index in [9.17, 15) is 18.0 Å². The number of esters is 1. The van der Waals surface area contributed by atoms with Crippen molar-refractivity contribution in [3.05, 3.63) is 62.0 Å². The summed E-state index contributed by atoms with van der Waals surface area (Å²) in [5.41, 5.74) is 0.720. The van der Waals surface area contributed by atoms with E-state index in [0.29, 0.717) is 23.7 Å². The lowest BCUT2D eigenvalue weighted by Gasteiger charge is -2.19. The Kier molecular flexibility index (Phi) is 6.61. The molecule has 0 radical (unpaired) electrons. The maximum absolute atomic E-state index is 12.7. The molecule has 0 aliphatic carbocycles. The molecule has 0 fully saturated rings. The molecule has 0 atom stereocenters.